The minimum Gasteiger partial charge on any atom is -0.290 e. The number of nitrogens with one attached hydrogen (secondary N) is 1. The zero-order valence-electron chi connectivity index (χ0n) is 14.9. The average molecular weight is 361 g/mol. The van der Waals surface area contributed by atoms with Crippen LogP contribution in [-0.4, -0.2) is 14.8 Å². The molecule has 4 aromatic rings. The van der Waals surface area contributed by atoms with E-state index in [0.717, 1.165) is 16.4 Å². The van der Waals surface area contributed by atoms with Gasteiger partial charge in [-0.15, -0.1) is 0 Å². The topological polar surface area (TPSA) is 50.7 Å². The lowest BCUT2D eigenvalue weighted by molar-refractivity contribution is 0.444. The maximum absolute atomic E-state index is 13.6. The van der Waals surface area contributed by atoms with Crippen molar-refractivity contribution in [3.8, 4) is 5.69 Å². The van der Waals surface area contributed by atoms with Gasteiger partial charge in [0, 0.05) is 11.6 Å². The highest BCUT2D eigenvalue weighted by atomic mass is 19.1. The van der Waals surface area contributed by atoms with Gasteiger partial charge in [0.2, 0.25) is 0 Å². The van der Waals surface area contributed by atoms with Crippen molar-refractivity contribution in [2.24, 2.45) is 0 Å². The van der Waals surface area contributed by atoms with Crippen LogP contribution in [0.3, 0.4) is 0 Å². The van der Waals surface area contributed by atoms with Crippen LogP contribution in [0.5, 0.6) is 0 Å². The van der Waals surface area contributed by atoms with Crippen molar-refractivity contribution < 1.29 is 4.39 Å². The van der Waals surface area contributed by atoms with E-state index >= 15 is 0 Å². The first-order chi connectivity index (χ1) is 13.2. The maximum atomic E-state index is 13.6. The number of aromatic nitrogens is 3. The van der Waals surface area contributed by atoms with Crippen LogP contribution in [0.2, 0.25) is 0 Å². The van der Waals surface area contributed by atoms with Gasteiger partial charge in [0.25, 0.3) is 5.56 Å². The molecule has 0 spiro atoms. The van der Waals surface area contributed by atoms with Gasteiger partial charge in [-0.25, -0.2) is 9.07 Å². The molecule has 5 rings (SSSR count). The summed E-state index contributed by atoms with van der Waals surface area (Å²) in [6.45, 7) is 0. The Morgan fingerprint density at radius 2 is 1.89 bits per heavy atom. The summed E-state index contributed by atoms with van der Waals surface area (Å²) in [5.74, 6) is 0.205. The molecule has 2 aromatic carbocycles. The minimum atomic E-state index is -0.374. The molecule has 136 valence electrons. The van der Waals surface area contributed by atoms with Crippen LogP contribution in [0.15, 0.2) is 53.5 Å². The Bertz CT molecular complexity index is 1200. The first-order valence-corrected chi connectivity index (χ1v) is 9.50. The molecule has 0 radical (unpaired) electrons. The summed E-state index contributed by atoms with van der Waals surface area (Å²) in [5.41, 5.74) is 3.19. The van der Waals surface area contributed by atoms with Gasteiger partial charge in [-0.3, -0.25) is 14.9 Å². The van der Waals surface area contributed by atoms with Crippen molar-refractivity contribution in [3.63, 3.8) is 0 Å². The van der Waals surface area contributed by atoms with E-state index in [0.29, 0.717) is 17.0 Å². The van der Waals surface area contributed by atoms with E-state index in [4.69, 9.17) is 0 Å². The summed E-state index contributed by atoms with van der Waals surface area (Å²) in [6.07, 6.45) is 7.91. The third-order valence-electron chi connectivity index (χ3n) is 5.69. The molecule has 1 fully saturated rings. The van der Waals surface area contributed by atoms with Crippen LogP contribution in [0.25, 0.3) is 27.5 Å². The second kappa shape index (κ2) is 6.34. The molecule has 0 aliphatic heterocycles. The van der Waals surface area contributed by atoms with Gasteiger partial charge in [0.15, 0.2) is 0 Å². The Balaban J connectivity index is 1.71. The summed E-state index contributed by atoms with van der Waals surface area (Å²) in [6, 6.07) is 12.4. The Morgan fingerprint density at radius 1 is 1.04 bits per heavy atom. The van der Waals surface area contributed by atoms with E-state index in [9.17, 15) is 9.18 Å². The zero-order chi connectivity index (χ0) is 18.4. The SMILES string of the molecule is O=c1c2cnc3ccc(C4CCCCC4)cc3c2[nH]n1-c1cccc(F)c1. The second-order valence-electron chi connectivity index (χ2n) is 7.39. The molecule has 1 aliphatic rings. The second-order valence-corrected chi connectivity index (χ2v) is 7.39. The van der Waals surface area contributed by atoms with Gasteiger partial charge in [-0.2, -0.15) is 0 Å². The van der Waals surface area contributed by atoms with Crippen molar-refractivity contribution in [1.29, 1.82) is 0 Å². The van der Waals surface area contributed by atoms with E-state index in [1.54, 1.807) is 18.3 Å². The van der Waals surface area contributed by atoms with Crippen molar-refractivity contribution in [3.05, 3.63) is 70.4 Å². The number of pyridine rings is 1. The first-order valence-electron chi connectivity index (χ1n) is 9.50. The molecule has 1 aliphatic carbocycles. The lowest BCUT2D eigenvalue weighted by atomic mass is 9.83. The van der Waals surface area contributed by atoms with Crippen molar-refractivity contribution >= 4 is 21.8 Å². The fourth-order valence-electron chi connectivity index (χ4n) is 4.26. The predicted molar refractivity (Wildman–Crippen MR) is 105 cm³/mol. The molecule has 1 saturated carbocycles. The van der Waals surface area contributed by atoms with E-state index in [1.807, 2.05) is 6.07 Å². The highest BCUT2D eigenvalue weighted by Gasteiger charge is 2.18. The normalized spacial score (nSPS) is 15.6. The number of benzene rings is 2. The molecule has 0 saturated heterocycles. The highest BCUT2D eigenvalue weighted by Crippen LogP contribution is 2.34. The summed E-state index contributed by atoms with van der Waals surface area (Å²) < 4.78 is 15.0. The molecule has 0 bridgehead atoms. The Morgan fingerprint density at radius 3 is 2.70 bits per heavy atom. The predicted octanol–water partition coefficient (Wildman–Crippen LogP) is 5.05. The number of halogens is 1. The molecular formula is C22H20FN3O. The average Bonchev–Trinajstić information content (AvgIpc) is 3.05. The lowest BCUT2D eigenvalue weighted by Crippen LogP contribution is -2.14. The van der Waals surface area contributed by atoms with Gasteiger partial charge < -0.3 is 0 Å². The number of rotatable bonds is 2. The molecule has 0 amide bonds. The number of nitrogens with zero attached hydrogens (tertiary/aromatic N) is 2. The standard InChI is InChI=1S/C22H20FN3O/c23-16-7-4-8-17(12-16)26-22(27)19-13-24-20-10-9-15(11-18(20)21(19)25-26)14-5-2-1-3-6-14/h4,7-14,25H,1-3,5-6H2. The smallest absolute Gasteiger partial charge is 0.280 e. The van der Waals surface area contributed by atoms with Gasteiger partial charge >= 0.3 is 0 Å². The monoisotopic (exact) mass is 361 g/mol. The van der Waals surface area contributed by atoms with Crippen LogP contribution in [0, 0.1) is 5.82 Å². The molecule has 2 heterocycles. The molecular weight excluding hydrogens is 341 g/mol. The number of aromatic amines is 1. The van der Waals surface area contributed by atoms with Gasteiger partial charge in [0.1, 0.15) is 5.82 Å². The van der Waals surface area contributed by atoms with Crippen LogP contribution >= 0.6 is 0 Å². The van der Waals surface area contributed by atoms with Crippen LogP contribution in [0.1, 0.15) is 43.6 Å². The third-order valence-corrected chi connectivity index (χ3v) is 5.69. The van der Waals surface area contributed by atoms with Crippen molar-refractivity contribution in [2.75, 3.05) is 0 Å². The van der Waals surface area contributed by atoms with E-state index in [1.165, 1.54) is 54.5 Å². The van der Waals surface area contributed by atoms with Crippen molar-refractivity contribution in [2.45, 2.75) is 38.0 Å². The number of hydrogen-bond donors (Lipinski definition) is 1. The summed E-state index contributed by atoms with van der Waals surface area (Å²) >= 11 is 0. The van der Waals surface area contributed by atoms with Crippen molar-refractivity contribution in [1.82, 2.24) is 14.8 Å². The van der Waals surface area contributed by atoms with E-state index in [-0.39, 0.29) is 11.4 Å². The van der Waals surface area contributed by atoms with Gasteiger partial charge in [0.05, 0.1) is 22.1 Å². The number of hydrogen-bond acceptors (Lipinski definition) is 2. The molecule has 0 unspecified atom stereocenters. The molecule has 1 N–H and O–H groups in total. The molecule has 2 aromatic heterocycles. The van der Waals surface area contributed by atoms with Gasteiger partial charge in [-0.05, 0) is 54.7 Å². The summed E-state index contributed by atoms with van der Waals surface area (Å²) in [7, 11) is 0. The quantitative estimate of drug-likeness (QED) is 0.543. The highest BCUT2D eigenvalue weighted by molar-refractivity contribution is 6.03. The molecule has 27 heavy (non-hydrogen) atoms. The Kier molecular flexibility index (Phi) is 3.81. The van der Waals surface area contributed by atoms with E-state index < -0.39 is 0 Å². The third kappa shape index (κ3) is 2.74. The van der Waals surface area contributed by atoms with Crippen LogP contribution in [-0.2, 0) is 0 Å². The minimum absolute atomic E-state index is 0.215. The first kappa shape index (κ1) is 16.2. The van der Waals surface area contributed by atoms with Crippen LogP contribution < -0.4 is 5.56 Å². The lowest BCUT2D eigenvalue weighted by Gasteiger charge is -2.22. The molecule has 4 nitrogen and oxygen atoms in total. The maximum Gasteiger partial charge on any atom is 0.280 e. The Hall–Kier alpha value is -2.95. The number of H-pyrrole nitrogens is 1. The fraction of sp³-hybridized carbons (Fsp3) is 0.273. The fourth-order valence-corrected chi connectivity index (χ4v) is 4.26. The van der Waals surface area contributed by atoms with E-state index in [2.05, 4.69) is 22.2 Å². The van der Waals surface area contributed by atoms with Gasteiger partial charge in [-0.1, -0.05) is 31.4 Å². The molecule has 5 heteroatoms. The zero-order valence-corrected chi connectivity index (χ0v) is 14.9. The van der Waals surface area contributed by atoms with Crippen LogP contribution in [0.4, 0.5) is 4.39 Å². The molecule has 0 atom stereocenters. The summed E-state index contributed by atoms with van der Waals surface area (Å²) in [5, 5.41) is 4.65. The largest absolute Gasteiger partial charge is 0.290 e. The Labute approximate surface area is 155 Å². The summed E-state index contributed by atoms with van der Waals surface area (Å²) in [4.78, 5) is 17.3. The number of fused-ring (bicyclic) bond motifs is 3.